The first-order chi connectivity index (χ1) is 15.0. The molecule has 158 valence electrons. The number of halogens is 2. The van der Waals surface area contributed by atoms with Crippen LogP contribution in [0.15, 0.2) is 53.7 Å². The number of nitriles is 1. The van der Waals surface area contributed by atoms with Crippen LogP contribution in [0.5, 0.6) is 0 Å². The van der Waals surface area contributed by atoms with E-state index in [4.69, 9.17) is 0 Å². The van der Waals surface area contributed by atoms with Crippen molar-refractivity contribution in [2.45, 2.75) is 36.4 Å². The third kappa shape index (κ3) is 4.59. The molecule has 31 heavy (non-hydrogen) atoms. The number of amides is 1. The Bertz CT molecular complexity index is 1120. The van der Waals surface area contributed by atoms with Crippen molar-refractivity contribution >= 4 is 17.7 Å². The Kier molecular flexibility index (Phi) is 6.00. The van der Waals surface area contributed by atoms with Gasteiger partial charge in [0.1, 0.15) is 17.2 Å². The van der Waals surface area contributed by atoms with Gasteiger partial charge < -0.3 is 5.32 Å². The minimum Gasteiger partial charge on any atom is -0.337 e. The lowest BCUT2D eigenvalue weighted by Crippen LogP contribution is -2.45. The fourth-order valence-electron chi connectivity index (χ4n) is 3.65. The lowest BCUT2D eigenvalue weighted by Gasteiger charge is -2.21. The summed E-state index contributed by atoms with van der Waals surface area (Å²) in [6.07, 6.45) is 3.14. The van der Waals surface area contributed by atoms with Gasteiger partial charge in [0.15, 0.2) is 11.0 Å². The van der Waals surface area contributed by atoms with Crippen molar-refractivity contribution in [2.75, 3.05) is 5.75 Å². The monoisotopic (exact) mass is 439 g/mol. The highest BCUT2D eigenvalue weighted by atomic mass is 32.2. The van der Waals surface area contributed by atoms with Crippen LogP contribution < -0.4 is 5.32 Å². The van der Waals surface area contributed by atoms with E-state index in [2.05, 4.69) is 21.6 Å². The quantitative estimate of drug-likeness (QED) is 0.581. The molecule has 0 saturated heterocycles. The topological polar surface area (TPSA) is 83.6 Å². The van der Waals surface area contributed by atoms with E-state index in [1.54, 1.807) is 28.8 Å². The van der Waals surface area contributed by atoms with Gasteiger partial charge in [0.25, 0.3) is 0 Å². The zero-order chi connectivity index (χ0) is 21.8. The van der Waals surface area contributed by atoms with Gasteiger partial charge in [-0.25, -0.2) is 8.78 Å². The lowest BCUT2D eigenvalue weighted by atomic mass is 10.0. The maximum absolute atomic E-state index is 13.4. The molecule has 4 rings (SSSR count). The normalized spacial score (nSPS) is 14.9. The number of aromatic nitrogens is 3. The fourth-order valence-corrected chi connectivity index (χ4v) is 4.40. The lowest BCUT2D eigenvalue weighted by molar-refractivity contribution is -0.119. The summed E-state index contributed by atoms with van der Waals surface area (Å²) in [7, 11) is 0. The molecule has 6 nitrogen and oxygen atoms in total. The molecule has 0 bridgehead atoms. The van der Waals surface area contributed by atoms with E-state index in [1.165, 1.54) is 36.0 Å². The molecule has 0 aliphatic heterocycles. The van der Waals surface area contributed by atoms with Gasteiger partial charge in [-0.15, -0.1) is 10.2 Å². The second-order valence-electron chi connectivity index (χ2n) is 7.36. The molecule has 1 heterocycles. The van der Waals surface area contributed by atoms with E-state index >= 15 is 0 Å². The molecule has 2 aromatic carbocycles. The predicted molar refractivity (Wildman–Crippen MR) is 112 cm³/mol. The molecule has 0 unspecified atom stereocenters. The number of nitrogens with one attached hydrogen (secondary N) is 1. The van der Waals surface area contributed by atoms with Crippen LogP contribution in [0.1, 0.15) is 25.7 Å². The van der Waals surface area contributed by atoms with Gasteiger partial charge in [0.2, 0.25) is 5.91 Å². The number of benzene rings is 2. The highest BCUT2D eigenvalue weighted by molar-refractivity contribution is 7.99. The van der Waals surface area contributed by atoms with Crippen molar-refractivity contribution in [3.05, 3.63) is 60.2 Å². The van der Waals surface area contributed by atoms with Crippen LogP contribution in [0, 0.1) is 23.0 Å². The largest absolute Gasteiger partial charge is 0.337 e. The van der Waals surface area contributed by atoms with E-state index < -0.39 is 5.54 Å². The van der Waals surface area contributed by atoms with Crippen molar-refractivity contribution in [1.82, 2.24) is 20.1 Å². The summed E-state index contributed by atoms with van der Waals surface area (Å²) in [6, 6.07) is 13.9. The molecule has 1 amide bonds. The molecule has 1 N–H and O–H groups in total. The summed E-state index contributed by atoms with van der Waals surface area (Å²) in [5, 5.41) is 21.2. The minimum atomic E-state index is -0.790. The van der Waals surface area contributed by atoms with Gasteiger partial charge in [-0.3, -0.25) is 9.36 Å². The first-order valence-corrected chi connectivity index (χ1v) is 10.8. The van der Waals surface area contributed by atoms with Gasteiger partial charge in [-0.05, 0) is 74.2 Å². The molecule has 1 aliphatic rings. The second-order valence-corrected chi connectivity index (χ2v) is 8.31. The van der Waals surface area contributed by atoms with E-state index in [1.807, 2.05) is 0 Å². The molecular weight excluding hydrogens is 420 g/mol. The smallest absolute Gasteiger partial charge is 0.231 e. The van der Waals surface area contributed by atoms with Gasteiger partial charge in [-0.2, -0.15) is 5.26 Å². The highest BCUT2D eigenvalue weighted by Gasteiger charge is 2.35. The molecule has 0 atom stereocenters. The number of hydrogen-bond donors (Lipinski definition) is 1. The predicted octanol–water partition coefficient (Wildman–Crippen LogP) is 4.26. The summed E-state index contributed by atoms with van der Waals surface area (Å²) in [6.45, 7) is 0. The van der Waals surface area contributed by atoms with Crippen LogP contribution >= 0.6 is 11.8 Å². The molecule has 9 heteroatoms. The summed E-state index contributed by atoms with van der Waals surface area (Å²) < 4.78 is 28.5. The summed E-state index contributed by atoms with van der Waals surface area (Å²) in [4.78, 5) is 12.5. The van der Waals surface area contributed by atoms with Crippen LogP contribution in [-0.2, 0) is 4.79 Å². The Labute approximate surface area is 182 Å². The van der Waals surface area contributed by atoms with Crippen molar-refractivity contribution in [1.29, 1.82) is 5.26 Å². The van der Waals surface area contributed by atoms with Crippen molar-refractivity contribution in [3.8, 4) is 23.1 Å². The van der Waals surface area contributed by atoms with Gasteiger partial charge >= 0.3 is 0 Å². The fraction of sp³-hybridized carbons (Fsp3) is 0.273. The van der Waals surface area contributed by atoms with Crippen molar-refractivity contribution < 1.29 is 13.6 Å². The highest BCUT2D eigenvalue weighted by Crippen LogP contribution is 2.30. The maximum atomic E-state index is 13.4. The average Bonchev–Trinajstić information content (AvgIpc) is 3.41. The second kappa shape index (κ2) is 8.86. The van der Waals surface area contributed by atoms with E-state index in [0.29, 0.717) is 35.1 Å². The van der Waals surface area contributed by atoms with Crippen LogP contribution in [0.4, 0.5) is 8.78 Å². The summed E-state index contributed by atoms with van der Waals surface area (Å²) >= 11 is 1.17. The standard InChI is InChI=1S/C22H19F2N5OS/c23-16-5-3-15(4-6-16)20-27-28-21(29(20)18-9-7-17(24)8-10-18)31-13-19(30)26-22(14-25)11-1-2-12-22/h3-10H,1-2,11-13H2,(H,26,30). The number of rotatable bonds is 6. The molecule has 0 radical (unpaired) electrons. The first kappa shape index (κ1) is 21.0. The number of hydrogen-bond acceptors (Lipinski definition) is 5. The summed E-state index contributed by atoms with van der Waals surface area (Å²) in [5.74, 6) is -0.524. The molecule has 3 aromatic rings. The third-order valence-corrected chi connectivity index (χ3v) is 6.13. The maximum Gasteiger partial charge on any atom is 0.231 e. The zero-order valence-electron chi connectivity index (χ0n) is 16.5. The van der Waals surface area contributed by atoms with Crippen LogP contribution in [0.25, 0.3) is 17.1 Å². The number of carbonyl (C=O) groups excluding carboxylic acids is 1. The summed E-state index contributed by atoms with van der Waals surface area (Å²) in [5.41, 5.74) is 0.448. The van der Waals surface area contributed by atoms with Crippen molar-refractivity contribution in [2.24, 2.45) is 0 Å². The SMILES string of the molecule is N#CC1(NC(=O)CSc2nnc(-c3ccc(F)cc3)n2-c2ccc(F)cc2)CCCC1. The molecule has 1 saturated carbocycles. The average molecular weight is 439 g/mol. The molecule has 1 fully saturated rings. The van der Waals surface area contributed by atoms with Crippen molar-refractivity contribution in [3.63, 3.8) is 0 Å². The number of thioether (sulfide) groups is 1. The van der Waals surface area contributed by atoms with E-state index in [-0.39, 0.29) is 23.3 Å². The van der Waals surface area contributed by atoms with Gasteiger partial charge in [0.05, 0.1) is 11.8 Å². The minimum absolute atomic E-state index is 0.0478. The molecule has 0 spiro atoms. The Hall–Kier alpha value is -3.25. The molecular formula is C22H19F2N5OS. The Morgan fingerprint density at radius 1 is 1.06 bits per heavy atom. The zero-order valence-corrected chi connectivity index (χ0v) is 17.3. The molecule has 1 aromatic heterocycles. The van der Waals surface area contributed by atoms with Crippen LogP contribution in [0.2, 0.25) is 0 Å². The van der Waals surface area contributed by atoms with Gasteiger partial charge in [-0.1, -0.05) is 11.8 Å². The van der Waals surface area contributed by atoms with Crippen LogP contribution in [-0.4, -0.2) is 32.0 Å². The van der Waals surface area contributed by atoms with E-state index in [0.717, 1.165) is 12.8 Å². The first-order valence-electron chi connectivity index (χ1n) is 9.82. The third-order valence-electron chi connectivity index (χ3n) is 5.20. The Balaban J connectivity index is 1.60. The number of carbonyl (C=O) groups is 1. The van der Waals surface area contributed by atoms with E-state index in [9.17, 15) is 18.8 Å². The molecule has 1 aliphatic carbocycles. The number of nitrogens with zero attached hydrogens (tertiary/aromatic N) is 4. The van der Waals surface area contributed by atoms with Gasteiger partial charge in [0, 0.05) is 11.3 Å². The Morgan fingerprint density at radius 2 is 1.68 bits per heavy atom. The Morgan fingerprint density at radius 3 is 2.29 bits per heavy atom. The van der Waals surface area contributed by atoms with Crippen LogP contribution in [0.3, 0.4) is 0 Å².